The minimum absolute atomic E-state index is 0.213. The largest absolute Gasteiger partial charge is 0.368 e. The third-order valence-corrected chi connectivity index (χ3v) is 2.29. The molecule has 90 valence electrons. The van der Waals surface area contributed by atoms with E-state index in [1.54, 1.807) is 0 Å². The molecule has 0 bridgehead atoms. The topological polar surface area (TPSA) is 58.2 Å². The molecular weight excluding hydrogens is 237 g/mol. The Morgan fingerprint density at radius 2 is 1.76 bits per heavy atom. The Kier molecular flexibility index (Phi) is 2.74. The maximum atomic E-state index is 13.2. The lowest BCUT2D eigenvalue weighted by Crippen LogP contribution is -2.30. The van der Waals surface area contributed by atoms with Crippen molar-refractivity contribution in [3.8, 4) is 0 Å². The van der Waals surface area contributed by atoms with Crippen LogP contribution < -0.4 is 10.6 Å². The van der Waals surface area contributed by atoms with Gasteiger partial charge in [-0.1, -0.05) is 0 Å². The van der Waals surface area contributed by atoms with Crippen molar-refractivity contribution in [2.75, 3.05) is 5.32 Å². The van der Waals surface area contributed by atoms with Crippen molar-refractivity contribution < 1.29 is 22.8 Å². The molecule has 2 N–H and O–H groups in total. The van der Waals surface area contributed by atoms with Crippen LogP contribution in [0.25, 0.3) is 0 Å². The number of hydrogen-bond donors (Lipinski definition) is 2. The highest BCUT2D eigenvalue weighted by atomic mass is 19.1. The van der Waals surface area contributed by atoms with Gasteiger partial charge in [0.25, 0.3) is 0 Å². The Balaban J connectivity index is 2.25. The summed E-state index contributed by atoms with van der Waals surface area (Å²) < 4.78 is 39.1. The normalized spacial score (nSPS) is 19.4. The fourth-order valence-corrected chi connectivity index (χ4v) is 1.52. The number of imide groups is 1. The van der Waals surface area contributed by atoms with E-state index in [0.717, 1.165) is 0 Å². The Labute approximate surface area is 93.8 Å². The monoisotopic (exact) mass is 244 g/mol. The third kappa shape index (κ3) is 2.22. The Bertz CT molecular complexity index is 481. The minimum atomic E-state index is -1.16. The van der Waals surface area contributed by atoms with Crippen LogP contribution in [0, 0.1) is 17.5 Å². The van der Waals surface area contributed by atoms with Crippen molar-refractivity contribution in [1.82, 2.24) is 5.32 Å². The van der Waals surface area contributed by atoms with Crippen LogP contribution in [0.2, 0.25) is 0 Å². The smallest absolute Gasteiger partial charge is 0.249 e. The van der Waals surface area contributed by atoms with E-state index in [-0.39, 0.29) is 6.42 Å². The zero-order valence-corrected chi connectivity index (χ0v) is 8.39. The van der Waals surface area contributed by atoms with E-state index in [1.165, 1.54) is 0 Å². The fraction of sp³-hybridized carbons (Fsp3) is 0.200. The molecule has 0 aliphatic carbocycles. The standard InChI is InChI=1S/C10H7F3N2O2/c11-4-1-5(12)9(6(13)2-4)14-7-3-8(16)15-10(7)17/h1-2,7,14H,3H2,(H,15,16,17). The van der Waals surface area contributed by atoms with E-state index < -0.39 is 41.0 Å². The molecule has 0 saturated carbocycles. The number of nitrogens with one attached hydrogen (secondary N) is 2. The highest BCUT2D eigenvalue weighted by Gasteiger charge is 2.31. The molecular formula is C10H7F3N2O2. The summed E-state index contributed by atoms with van der Waals surface area (Å²) in [5, 5.41) is 4.21. The van der Waals surface area contributed by atoms with Gasteiger partial charge in [0.2, 0.25) is 11.8 Å². The molecule has 0 aromatic heterocycles. The van der Waals surface area contributed by atoms with Gasteiger partial charge in [0.05, 0.1) is 6.42 Å². The van der Waals surface area contributed by atoms with E-state index in [2.05, 4.69) is 5.32 Å². The summed E-state index contributed by atoms with van der Waals surface area (Å²) >= 11 is 0. The van der Waals surface area contributed by atoms with Gasteiger partial charge in [-0.25, -0.2) is 13.2 Å². The lowest BCUT2D eigenvalue weighted by molar-refractivity contribution is -0.124. The van der Waals surface area contributed by atoms with Gasteiger partial charge in [0, 0.05) is 12.1 Å². The van der Waals surface area contributed by atoms with Crippen molar-refractivity contribution in [1.29, 1.82) is 0 Å². The van der Waals surface area contributed by atoms with E-state index >= 15 is 0 Å². The van der Waals surface area contributed by atoms with E-state index in [4.69, 9.17) is 0 Å². The van der Waals surface area contributed by atoms with E-state index in [1.807, 2.05) is 5.32 Å². The molecule has 1 unspecified atom stereocenters. The molecule has 0 radical (unpaired) electrons. The lowest BCUT2D eigenvalue weighted by atomic mass is 10.2. The number of carbonyl (C=O) groups is 2. The average molecular weight is 244 g/mol. The van der Waals surface area contributed by atoms with Gasteiger partial charge in [-0.2, -0.15) is 0 Å². The number of hydrogen-bond acceptors (Lipinski definition) is 3. The third-order valence-electron chi connectivity index (χ3n) is 2.29. The van der Waals surface area contributed by atoms with Gasteiger partial charge in [-0.05, 0) is 0 Å². The van der Waals surface area contributed by atoms with Crippen LogP contribution in [0.1, 0.15) is 6.42 Å². The summed E-state index contributed by atoms with van der Waals surface area (Å²) in [7, 11) is 0. The quantitative estimate of drug-likeness (QED) is 0.761. The van der Waals surface area contributed by atoms with Crippen LogP contribution >= 0.6 is 0 Å². The van der Waals surface area contributed by atoms with Crippen LogP contribution in [-0.2, 0) is 9.59 Å². The second kappa shape index (κ2) is 4.08. The molecule has 1 aromatic rings. The summed E-state index contributed by atoms with van der Waals surface area (Å²) in [4.78, 5) is 22.0. The minimum Gasteiger partial charge on any atom is -0.368 e. The van der Waals surface area contributed by atoms with Crippen LogP contribution in [0.15, 0.2) is 12.1 Å². The number of amides is 2. The molecule has 1 atom stereocenters. The van der Waals surface area contributed by atoms with Crippen molar-refractivity contribution in [3.63, 3.8) is 0 Å². The second-order valence-electron chi connectivity index (χ2n) is 3.56. The van der Waals surface area contributed by atoms with Crippen LogP contribution in [0.5, 0.6) is 0 Å². The predicted octanol–water partition coefficient (Wildman–Crippen LogP) is 0.931. The Morgan fingerprint density at radius 1 is 1.18 bits per heavy atom. The molecule has 4 nitrogen and oxygen atoms in total. The molecule has 17 heavy (non-hydrogen) atoms. The first-order valence-corrected chi connectivity index (χ1v) is 4.72. The highest BCUT2D eigenvalue weighted by Crippen LogP contribution is 2.22. The molecule has 1 aliphatic heterocycles. The molecule has 1 saturated heterocycles. The summed E-state index contributed by atoms with van der Waals surface area (Å²) in [6.07, 6.45) is -0.213. The summed E-state index contributed by atoms with van der Waals surface area (Å²) in [5.41, 5.74) is -0.624. The molecule has 1 aliphatic rings. The zero-order valence-electron chi connectivity index (χ0n) is 8.39. The molecule has 7 heteroatoms. The molecule has 2 rings (SSSR count). The van der Waals surface area contributed by atoms with Gasteiger partial charge >= 0.3 is 0 Å². The first kappa shape index (κ1) is 11.4. The number of benzene rings is 1. The summed E-state index contributed by atoms with van der Waals surface area (Å²) in [6, 6.07) is -0.0721. The van der Waals surface area contributed by atoms with Crippen LogP contribution in [0.4, 0.5) is 18.9 Å². The van der Waals surface area contributed by atoms with E-state index in [9.17, 15) is 22.8 Å². The van der Waals surface area contributed by atoms with E-state index in [0.29, 0.717) is 12.1 Å². The zero-order chi connectivity index (χ0) is 12.6. The van der Waals surface area contributed by atoms with Gasteiger partial charge in [-0.15, -0.1) is 0 Å². The average Bonchev–Trinajstić information content (AvgIpc) is 2.51. The molecule has 1 heterocycles. The number of rotatable bonds is 2. The maximum absolute atomic E-state index is 13.2. The number of anilines is 1. The van der Waals surface area contributed by atoms with Gasteiger partial charge in [0.1, 0.15) is 17.5 Å². The van der Waals surface area contributed by atoms with Gasteiger partial charge < -0.3 is 5.32 Å². The van der Waals surface area contributed by atoms with Crippen LogP contribution in [-0.4, -0.2) is 17.9 Å². The van der Waals surface area contributed by atoms with Crippen molar-refractivity contribution in [3.05, 3.63) is 29.6 Å². The fourth-order valence-electron chi connectivity index (χ4n) is 1.52. The summed E-state index contributed by atoms with van der Waals surface area (Å²) in [5.74, 6) is -4.57. The first-order valence-electron chi connectivity index (χ1n) is 4.72. The molecule has 1 fully saturated rings. The van der Waals surface area contributed by atoms with Crippen molar-refractivity contribution in [2.45, 2.75) is 12.5 Å². The van der Waals surface area contributed by atoms with Gasteiger partial charge in [0.15, 0.2) is 11.6 Å². The predicted molar refractivity (Wildman–Crippen MR) is 51.5 cm³/mol. The van der Waals surface area contributed by atoms with Crippen molar-refractivity contribution in [2.24, 2.45) is 0 Å². The Morgan fingerprint density at radius 3 is 2.24 bits per heavy atom. The maximum Gasteiger partial charge on any atom is 0.249 e. The second-order valence-corrected chi connectivity index (χ2v) is 3.56. The highest BCUT2D eigenvalue weighted by molar-refractivity contribution is 6.06. The SMILES string of the molecule is O=C1CC(Nc2c(F)cc(F)cc2F)C(=O)N1. The Hall–Kier alpha value is -2.05. The first-order chi connectivity index (χ1) is 7.97. The van der Waals surface area contributed by atoms with Crippen molar-refractivity contribution >= 4 is 17.5 Å². The van der Waals surface area contributed by atoms with Crippen LogP contribution in [0.3, 0.4) is 0 Å². The number of halogens is 3. The molecule has 0 spiro atoms. The lowest BCUT2D eigenvalue weighted by Gasteiger charge is -2.12. The number of carbonyl (C=O) groups excluding carboxylic acids is 2. The summed E-state index contributed by atoms with van der Waals surface area (Å²) in [6.45, 7) is 0. The van der Waals surface area contributed by atoms with Gasteiger partial charge in [-0.3, -0.25) is 14.9 Å². The molecule has 2 amide bonds. The molecule has 1 aromatic carbocycles.